The number of benzene rings is 1. The van der Waals surface area contributed by atoms with Crippen molar-refractivity contribution in [2.75, 3.05) is 0 Å². The number of aryl methyl sites for hydroxylation is 2. The monoisotopic (exact) mass is 308 g/mol. The van der Waals surface area contributed by atoms with Crippen molar-refractivity contribution >= 4 is 28.1 Å². The SMILES string of the molecule is CCc1cc(=S)nc(-c2ccc(Br)cc2C)[nH]1. The molecule has 0 atom stereocenters. The zero-order valence-corrected chi connectivity index (χ0v) is 12.2. The Bertz CT molecular complexity index is 605. The minimum Gasteiger partial charge on any atom is -0.343 e. The van der Waals surface area contributed by atoms with Crippen molar-refractivity contribution in [3.8, 4) is 11.4 Å². The topological polar surface area (TPSA) is 28.7 Å². The third-order valence-electron chi connectivity index (χ3n) is 2.62. The first kappa shape index (κ1) is 12.5. The largest absolute Gasteiger partial charge is 0.343 e. The van der Waals surface area contributed by atoms with E-state index >= 15 is 0 Å². The van der Waals surface area contributed by atoms with E-state index in [-0.39, 0.29) is 0 Å². The van der Waals surface area contributed by atoms with Gasteiger partial charge in [-0.05, 0) is 43.2 Å². The van der Waals surface area contributed by atoms with Gasteiger partial charge in [-0.3, -0.25) is 0 Å². The Morgan fingerprint density at radius 2 is 2.12 bits per heavy atom. The summed E-state index contributed by atoms with van der Waals surface area (Å²) in [5.74, 6) is 0.847. The van der Waals surface area contributed by atoms with Crippen molar-refractivity contribution in [3.05, 3.63) is 44.6 Å². The van der Waals surface area contributed by atoms with E-state index in [1.165, 1.54) is 5.56 Å². The van der Waals surface area contributed by atoms with Crippen LogP contribution in [0.25, 0.3) is 11.4 Å². The van der Waals surface area contributed by atoms with Crippen LogP contribution in [0.3, 0.4) is 0 Å². The van der Waals surface area contributed by atoms with Gasteiger partial charge in [-0.2, -0.15) is 0 Å². The van der Waals surface area contributed by atoms with Crippen LogP contribution in [0.2, 0.25) is 0 Å². The number of aromatic nitrogens is 2. The predicted molar refractivity (Wildman–Crippen MR) is 76.7 cm³/mol. The fourth-order valence-electron chi connectivity index (χ4n) is 1.72. The molecule has 0 amide bonds. The Kier molecular flexibility index (Phi) is 3.74. The summed E-state index contributed by atoms with van der Waals surface area (Å²) in [4.78, 5) is 7.70. The number of hydrogen-bond acceptors (Lipinski definition) is 2. The number of hydrogen-bond donors (Lipinski definition) is 1. The molecule has 88 valence electrons. The molecule has 0 bridgehead atoms. The summed E-state index contributed by atoms with van der Waals surface area (Å²) in [6.07, 6.45) is 0.925. The van der Waals surface area contributed by atoms with Crippen LogP contribution in [-0.4, -0.2) is 9.97 Å². The van der Waals surface area contributed by atoms with Crippen molar-refractivity contribution in [3.63, 3.8) is 0 Å². The molecule has 1 aromatic heterocycles. The molecule has 0 spiro atoms. The van der Waals surface area contributed by atoms with Crippen LogP contribution in [0.1, 0.15) is 18.2 Å². The Morgan fingerprint density at radius 3 is 2.76 bits per heavy atom. The minimum atomic E-state index is 0.637. The van der Waals surface area contributed by atoms with Crippen molar-refractivity contribution in [2.45, 2.75) is 20.3 Å². The predicted octanol–water partition coefficient (Wildman–Crippen LogP) is 4.44. The summed E-state index contributed by atoms with van der Waals surface area (Å²) in [5, 5.41) is 0. The summed E-state index contributed by atoms with van der Waals surface area (Å²) >= 11 is 8.64. The molecule has 0 fully saturated rings. The van der Waals surface area contributed by atoms with Crippen molar-refractivity contribution in [2.24, 2.45) is 0 Å². The number of nitrogens with one attached hydrogen (secondary N) is 1. The van der Waals surface area contributed by atoms with Crippen LogP contribution in [0.15, 0.2) is 28.7 Å². The van der Waals surface area contributed by atoms with E-state index in [1.54, 1.807) is 0 Å². The molecule has 0 saturated carbocycles. The fraction of sp³-hybridized carbons (Fsp3) is 0.231. The molecule has 2 nitrogen and oxygen atoms in total. The zero-order chi connectivity index (χ0) is 12.4. The fourth-order valence-corrected chi connectivity index (χ4v) is 2.43. The van der Waals surface area contributed by atoms with E-state index in [4.69, 9.17) is 12.2 Å². The van der Waals surface area contributed by atoms with Crippen LogP contribution in [-0.2, 0) is 6.42 Å². The normalized spacial score (nSPS) is 10.5. The van der Waals surface area contributed by atoms with Gasteiger partial charge in [-0.1, -0.05) is 35.1 Å². The Labute approximate surface area is 114 Å². The maximum atomic E-state index is 5.18. The number of nitrogens with zero attached hydrogens (tertiary/aromatic N) is 1. The van der Waals surface area contributed by atoms with Gasteiger partial charge in [-0.25, -0.2) is 4.98 Å². The Morgan fingerprint density at radius 1 is 1.35 bits per heavy atom. The highest BCUT2D eigenvalue weighted by atomic mass is 79.9. The molecule has 0 saturated heterocycles. The third-order valence-corrected chi connectivity index (χ3v) is 3.33. The maximum Gasteiger partial charge on any atom is 0.139 e. The lowest BCUT2D eigenvalue weighted by atomic mass is 10.1. The second kappa shape index (κ2) is 5.10. The average molecular weight is 309 g/mol. The van der Waals surface area contributed by atoms with Gasteiger partial charge in [0.2, 0.25) is 0 Å². The second-order valence-corrected chi connectivity index (χ2v) is 5.24. The minimum absolute atomic E-state index is 0.637. The summed E-state index contributed by atoms with van der Waals surface area (Å²) in [5.41, 5.74) is 3.38. The Balaban J connectivity index is 2.60. The lowest BCUT2D eigenvalue weighted by Gasteiger charge is -2.07. The van der Waals surface area contributed by atoms with E-state index in [2.05, 4.69) is 45.8 Å². The van der Waals surface area contributed by atoms with E-state index in [1.807, 2.05) is 18.2 Å². The number of H-pyrrole nitrogens is 1. The van der Waals surface area contributed by atoms with Gasteiger partial charge in [0.15, 0.2) is 0 Å². The van der Waals surface area contributed by atoms with Crippen LogP contribution >= 0.6 is 28.1 Å². The van der Waals surface area contributed by atoms with E-state index < -0.39 is 0 Å². The molecule has 1 N–H and O–H groups in total. The highest BCUT2D eigenvalue weighted by Gasteiger charge is 2.05. The second-order valence-electron chi connectivity index (χ2n) is 3.91. The lowest BCUT2D eigenvalue weighted by molar-refractivity contribution is 0.997. The van der Waals surface area contributed by atoms with Gasteiger partial charge >= 0.3 is 0 Å². The van der Waals surface area contributed by atoms with Gasteiger partial charge in [0, 0.05) is 15.7 Å². The van der Waals surface area contributed by atoms with E-state index in [9.17, 15) is 0 Å². The molecule has 4 heteroatoms. The molecule has 2 rings (SSSR count). The molecule has 0 aliphatic rings. The first-order valence-electron chi connectivity index (χ1n) is 5.47. The number of rotatable bonds is 2. The molecule has 0 unspecified atom stereocenters. The smallest absolute Gasteiger partial charge is 0.139 e. The summed E-state index contributed by atoms with van der Waals surface area (Å²) in [6.45, 7) is 4.16. The van der Waals surface area contributed by atoms with E-state index in [0.29, 0.717) is 4.64 Å². The van der Waals surface area contributed by atoms with Crippen LogP contribution in [0.5, 0.6) is 0 Å². The Hall–Kier alpha value is -1.00. The quantitative estimate of drug-likeness (QED) is 0.831. The van der Waals surface area contributed by atoms with Gasteiger partial charge in [-0.15, -0.1) is 0 Å². The highest BCUT2D eigenvalue weighted by Crippen LogP contribution is 2.23. The first-order chi connectivity index (χ1) is 8.10. The van der Waals surface area contributed by atoms with Crippen molar-refractivity contribution in [1.29, 1.82) is 0 Å². The summed E-state index contributed by atoms with van der Waals surface area (Å²) < 4.78 is 1.71. The molecule has 0 aliphatic heterocycles. The van der Waals surface area contributed by atoms with E-state index in [0.717, 1.165) is 28.0 Å². The zero-order valence-electron chi connectivity index (χ0n) is 9.75. The van der Waals surface area contributed by atoms with Crippen LogP contribution < -0.4 is 0 Å². The van der Waals surface area contributed by atoms with Gasteiger partial charge in [0.1, 0.15) is 10.5 Å². The van der Waals surface area contributed by atoms with Gasteiger partial charge in [0.05, 0.1) is 0 Å². The lowest BCUT2D eigenvalue weighted by Crippen LogP contribution is -1.96. The first-order valence-corrected chi connectivity index (χ1v) is 6.67. The molecule has 0 radical (unpaired) electrons. The number of halogens is 1. The summed E-state index contributed by atoms with van der Waals surface area (Å²) in [6, 6.07) is 8.05. The average Bonchev–Trinajstić information content (AvgIpc) is 2.28. The molecular weight excluding hydrogens is 296 g/mol. The standard InChI is InChI=1S/C13H13BrN2S/c1-3-10-7-12(17)16-13(15-10)11-5-4-9(14)6-8(11)2/h4-7H,3H2,1-2H3,(H,15,16,17). The number of aromatic amines is 1. The van der Waals surface area contributed by atoms with Gasteiger partial charge < -0.3 is 4.98 Å². The van der Waals surface area contributed by atoms with Gasteiger partial charge in [0.25, 0.3) is 0 Å². The summed E-state index contributed by atoms with van der Waals surface area (Å²) in [7, 11) is 0. The highest BCUT2D eigenvalue weighted by molar-refractivity contribution is 9.10. The molecular formula is C13H13BrN2S. The molecule has 2 aromatic rings. The maximum absolute atomic E-state index is 5.18. The van der Waals surface area contributed by atoms with Crippen LogP contribution in [0.4, 0.5) is 0 Å². The van der Waals surface area contributed by atoms with Crippen molar-refractivity contribution in [1.82, 2.24) is 9.97 Å². The van der Waals surface area contributed by atoms with Crippen LogP contribution in [0, 0.1) is 11.6 Å². The molecule has 0 aliphatic carbocycles. The molecule has 17 heavy (non-hydrogen) atoms. The molecule has 1 aromatic carbocycles. The third kappa shape index (κ3) is 2.82. The van der Waals surface area contributed by atoms with Crippen molar-refractivity contribution < 1.29 is 0 Å². The molecule has 1 heterocycles.